The standard InChI is InChI=1S/C22H38N2O2S/c1-13(2)17-9-7-15(5)11-19(17)25-21-22(24-27-23-21)26-20-12-16(6)8-10-18(20)14(3)4/h13-20H,7-12H2,1-6H3. The number of nitrogens with zero attached hydrogens (tertiary/aromatic N) is 2. The molecule has 1 aromatic rings. The van der Waals surface area contributed by atoms with Gasteiger partial charge in [0.15, 0.2) is 0 Å². The van der Waals surface area contributed by atoms with E-state index in [0.29, 0.717) is 47.3 Å². The maximum Gasteiger partial charge on any atom is 0.291 e. The molecule has 3 rings (SSSR count). The highest BCUT2D eigenvalue weighted by Gasteiger charge is 2.36. The summed E-state index contributed by atoms with van der Waals surface area (Å²) in [6, 6.07) is 0. The average molecular weight is 395 g/mol. The molecule has 1 heterocycles. The van der Waals surface area contributed by atoms with Gasteiger partial charge in [-0.05, 0) is 61.2 Å². The summed E-state index contributed by atoms with van der Waals surface area (Å²) in [5.74, 6) is 5.13. The van der Waals surface area contributed by atoms with E-state index >= 15 is 0 Å². The molecule has 27 heavy (non-hydrogen) atoms. The molecule has 0 aromatic carbocycles. The highest BCUT2D eigenvalue weighted by molar-refractivity contribution is 6.99. The minimum atomic E-state index is 0.228. The lowest BCUT2D eigenvalue weighted by atomic mass is 9.75. The molecule has 1 aromatic heterocycles. The zero-order valence-electron chi connectivity index (χ0n) is 18.0. The number of hydrogen-bond donors (Lipinski definition) is 0. The first-order valence-electron chi connectivity index (χ1n) is 11.0. The highest BCUT2D eigenvalue weighted by atomic mass is 32.1. The van der Waals surface area contributed by atoms with Gasteiger partial charge in [-0.2, -0.15) is 0 Å². The lowest BCUT2D eigenvalue weighted by Gasteiger charge is -2.38. The maximum atomic E-state index is 6.45. The quantitative estimate of drug-likeness (QED) is 0.575. The van der Waals surface area contributed by atoms with E-state index in [9.17, 15) is 0 Å². The van der Waals surface area contributed by atoms with Gasteiger partial charge in [-0.1, -0.05) is 54.4 Å². The monoisotopic (exact) mass is 394 g/mol. The third-order valence-corrected chi connectivity index (χ3v) is 7.37. The summed E-state index contributed by atoms with van der Waals surface area (Å²) >= 11 is 1.21. The van der Waals surface area contributed by atoms with E-state index in [1.165, 1.54) is 37.4 Å². The van der Waals surface area contributed by atoms with Gasteiger partial charge >= 0.3 is 0 Å². The third kappa shape index (κ3) is 5.16. The molecule has 2 aliphatic carbocycles. The van der Waals surface area contributed by atoms with E-state index in [0.717, 1.165) is 12.8 Å². The summed E-state index contributed by atoms with van der Waals surface area (Å²) in [6.07, 6.45) is 7.76. The first kappa shape index (κ1) is 20.9. The molecule has 0 amide bonds. The van der Waals surface area contributed by atoms with E-state index < -0.39 is 0 Å². The molecule has 154 valence electrons. The summed E-state index contributed by atoms with van der Waals surface area (Å²) < 4.78 is 21.8. The van der Waals surface area contributed by atoms with Gasteiger partial charge in [0, 0.05) is 0 Å². The molecular formula is C22H38N2O2S. The van der Waals surface area contributed by atoms with Crippen LogP contribution in [0.5, 0.6) is 11.8 Å². The lowest BCUT2D eigenvalue weighted by molar-refractivity contribution is 0.0228. The molecule has 6 atom stereocenters. The first-order chi connectivity index (χ1) is 12.8. The lowest BCUT2D eigenvalue weighted by Crippen LogP contribution is -2.37. The fraction of sp³-hybridized carbons (Fsp3) is 0.909. The van der Waals surface area contributed by atoms with Crippen molar-refractivity contribution in [2.45, 2.75) is 92.3 Å². The van der Waals surface area contributed by atoms with Crippen molar-refractivity contribution in [3.05, 3.63) is 0 Å². The van der Waals surface area contributed by atoms with Crippen LogP contribution in [-0.4, -0.2) is 21.0 Å². The Labute approximate surface area is 169 Å². The van der Waals surface area contributed by atoms with Crippen molar-refractivity contribution in [3.8, 4) is 11.8 Å². The summed E-state index contributed by atoms with van der Waals surface area (Å²) in [5, 5.41) is 0. The Morgan fingerprint density at radius 2 is 1.15 bits per heavy atom. The van der Waals surface area contributed by atoms with Crippen molar-refractivity contribution in [2.75, 3.05) is 0 Å². The topological polar surface area (TPSA) is 44.2 Å². The van der Waals surface area contributed by atoms with E-state index in [1.807, 2.05) is 0 Å². The minimum absolute atomic E-state index is 0.228. The second-order valence-electron chi connectivity index (χ2n) is 9.84. The van der Waals surface area contributed by atoms with Crippen LogP contribution in [-0.2, 0) is 0 Å². The molecule has 6 unspecified atom stereocenters. The Bertz CT molecular complexity index is 540. The largest absolute Gasteiger partial charge is 0.470 e. The fourth-order valence-electron chi connectivity index (χ4n) is 5.10. The molecule has 0 saturated heterocycles. The Hall–Kier alpha value is -0.840. The van der Waals surface area contributed by atoms with Crippen molar-refractivity contribution in [2.24, 2.45) is 35.5 Å². The normalized spacial score (nSPS) is 34.8. The van der Waals surface area contributed by atoms with Crippen LogP contribution < -0.4 is 9.47 Å². The number of rotatable bonds is 6. The predicted molar refractivity (Wildman–Crippen MR) is 111 cm³/mol. The van der Waals surface area contributed by atoms with Crippen LogP contribution in [0.3, 0.4) is 0 Å². The average Bonchev–Trinajstić information content (AvgIpc) is 3.01. The van der Waals surface area contributed by atoms with Crippen molar-refractivity contribution in [1.82, 2.24) is 8.75 Å². The summed E-state index contributed by atoms with van der Waals surface area (Å²) in [5.41, 5.74) is 0. The summed E-state index contributed by atoms with van der Waals surface area (Å²) in [6.45, 7) is 13.9. The van der Waals surface area contributed by atoms with Gasteiger partial charge in [-0.3, -0.25) is 0 Å². The Balaban J connectivity index is 1.71. The van der Waals surface area contributed by atoms with Crippen molar-refractivity contribution in [1.29, 1.82) is 0 Å². The molecule has 0 bridgehead atoms. The van der Waals surface area contributed by atoms with Crippen LogP contribution in [0.4, 0.5) is 0 Å². The van der Waals surface area contributed by atoms with Crippen LogP contribution >= 0.6 is 11.7 Å². The first-order valence-corrected chi connectivity index (χ1v) is 11.7. The van der Waals surface area contributed by atoms with Crippen molar-refractivity contribution in [3.63, 3.8) is 0 Å². The van der Waals surface area contributed by atoms with Gasteiger partial charge < -0.3 is 9.47 Å². The molecule has 5 heteroatoms. The van der Waals surface area contributed by atoms with Crippen LogP contribution in [0.15, 0.2) is 0 Å². The van der Waals surface area contributed by atoms with Gasteiger partial charge in [0.25, 0.3) is 11.8 Å². The maximum absolute atomic E-state index is 6.45. The predicted octanol–water partition coefficient (Wildman–Crippen LogP) is 6.22. The molecule has 0 aliphatic heterocycles. The molecule has 2 aliphatic rings. The van der Waals surface area contributed by atoms with Crippen LogP contribution in [0, 0.1) is 35.5 Å². The molecule has 0 radical (unpaired) electrons. The zero-order valence-corrected chi connectivity index (χ0v) is 18.8. The van der Waals surface area contributed by atoms with E-state index in [-0.39, 0.29) is 12.2 Å². The number of hydrogen-bond acceptors (Lipinski definition) is 5. The Morgan fingerprint density at radius 1 is 0.741 bits per heavy atom. The van der Waals surface area contributed by atoms with Crippen LogP contribution in [0.2, 0.25) is 0 Å². The van der Waals surface area contributed by atoms with Crippen molar-refractivity contribution >= 4 is 11.7 Å². The van der Waals surface area contributed by atoms with Gasteiger partial charge in [0.2, 0.25) is 0 Å². The highest BCUT2D eigenvalue weighted by Crippen LogP contribution is 2.40. The zero-order chi connectivity index (χ0) is 19.6. The minimum Gasteiger partial charge on any atom is -0.470 e. The second-order valence-corrected chi connectivity index (χ2v) is 10.4. The van der Waals surface area contributed by atoms with E-state index in [1.54, 1.807) is 0 Å². The van der Waals surface area contributed by atoms with Crippen molar-refractivity contribution < 1.29 is 9.47 Å². The van der Waals surface area contributed by atoms with Gasteiger partial charge in [-0.25, -0.2) is 0 Å². The molecule has 4 nitrogen and oxygen atoms in total. The third-order valence-electron chi connectivity index (χ3n) is 6.88. The number of aromatic nitrogens is 2. The SMILES string of the molecule is CC1CCC(C(C)C)C(Oc2nsnc2OC2CC(C)CCC2C(C)C)C1. The molecule has 0 N–H and O–H groups in total. The summed E-state index contributed by atoms with van der Waals surface area (Å²) in [4.78, 5) is 0. The second kappa shape index (κ2) is 9.11. The molecule has 2 saturated carbocycles. The Morgan fingerprint density at radius 3 is 1.52 bits per heavy atom. The van der Waals surface area contributed by atoms with Gasteiger partial charge in [-0.15, -0.1) is 8.75 Å². The smallest absolute Gasteiger partial charge is 0.291 e. The number of ether oxygens (including phenoxy) is 2. The van der Waals surface area contributed by atoms with E-state index in [2.05, 4.69) is 50.3 Å². The van der Waals surface area contributed by atoms with Gasteiger partial charge in [0.1, 0.15) is 12.2 Å². The molecule has 2 fully saturated rings. The molecule has 0 spiro atoms. The van der Waals surface area contributed by atoms with E-state index in [4.69, 9.17) is 9.47 Å². The molecular weight excluding hydrogens is 356 g/mol. The fourth-order valence-corrected chi connectivity index (χ4v) is 5.54. The van der Waals surface area contributed by atoms with Crippen LogP contribution in [0.25, 0.3) is 0 Å². The summed E-state index contributed by atoms with van der Waals surface area (Å²) in [7, 11) is 0. The van der Waals surface area contributed by atoms with Crippen LogP contribution in [0.1, 0.15) is 80.1 Å². The Kier molecular flexibility index (Phi) is 7.04. The van der Waals surface area contributed by atoms with Gasteiger partial charge in [0.05, 0.1) is 11.7 Å².